The zero-order chi connectivity index (χ0) is 78.9. The molecule has 0 bridgehead atoms. The number of alkyl carbamates (subject to hydrolysis) is 1. The van der Waals surface area contributed by atoms with Crippen molar-refractivity contribution in [2.24, 2.45) is 47.3 Å². The number of esters is 2. The molecule has 0 radical (unpaired) electrons. The number of carbonyl (C=O) groups excluding carboxylic acids is 11. The normalized spacial score (nSPS) is 18.2. The van der Waals surface area contributed by atoms with Crippen LogP contribution in [0.25, 0.3) is 0 Å². The molecule has 9 N–H and O–H groups in total. The van der Waals surface area contributed by atoms with Crippen molar-refractivity contribution in [2.75, 3.05) is 13.1 Å². The van der Waals surface area contributed by atoms with Crippen LogP contribution < -0.4 is 44.7 Å². The van der Waals surface area contributed by atoms with Gasteiger partial charge in [0.1, 0.15) is 55.1 Å². The summed E-state index contributed by atoms with van der Waals surface area (Å²) in [5, 5.41) is 24.5. The summed E-state index contributed by atoms with van der Waals surface area (Å²) in [7, 11) is -2.50. The average Bonchev–Trinajstić information content (AvgIpc) is 1.74. The van der Waals surface area contributed by atoms with Crippen molar-refractivity contribution in [3.05, 3.63) is 71.8 Å². The molecule has 0 aliphatic carbocycles. The van der Waals surface area contributed by atoms with Gasteiger partial charge in [-0.1, -0.05) is 171 Å². The van der Waals surface area contributed by atoms with Crippen molar-refractivity contribution in [1.82, 2.24) is 36.4 Å². The lowest BCUT2D eigenvalue weighted by Gasteiger charge is -2.43. The second-order valence-corrected chi connectivity index (χ2v) is 37.5. The van der Waals surface area contributed by atoms with Crippen LogP contribution in [0.3, 0.4) is 0 Å². The number of amides is 7. The second kappa shape index (κ2) is 43.9. The molecule has 2 aromatic carbocycles. The summed E-state index contributed by atoms with van der Waals surface area (Å²) in [4.78, 5) is 152. The highest BCUT2D eigenvalue weighted by Crippen LogP contribution is 2.39. The van der Waals surface area contributed by atoms with Gasteiger partial charge in [-0.15, -0.1) is 0 Å². The van der Waals surface area contributed by atoms with Crippen LogP contribution in [0.5, 0.6) is 0 Å². The summed E-state index contributed by atoms with van der Waals surface area (Å²) < 4.78 is 23.6. The summed E-state index contributed by atoms with van der Waals surface area (Å²) in [5.41, 5.74) is 4.92. The molecule has 4 rings (SSSR count). The van der Waals surface area contributed by atoms with Crippen LogP contribution in [0.4, 0.5) is 4.79 Å². The third-order valence-electron chi connectivity index (χ3n) is 20.2. The van der Waals surface area contributed by atoms with E-state index in [4.69, 9.17) is 18.6 Å². The van der Waals surface area contributed by atoms with E-state index in [1.807, 2.05) is 116 Å². The summed E-state index contributed by atoms with van der Waals surface area (Å²) in [6.45, 7) is 42.4. The van der Waals surface area contributed by atoms with Gasteiger partial charge in [-0.2, -0.15) is 0 Å². The molecule has 594 valence electrons. The maximum Gasteiger partial charge on any atom is 0.407 e. The Morgan fingerprint density at radius 2 is 0.943 bits per heavy atom. The van der Waals surface area contributed by atoms with Gasteiger partial charge < -0.3 is 78.3 Å². The fraction of sp³-hybridized carbons (Fsp3) is 0.709. The Balaban J connectivity index is 0.000000732. The van der Waals surface area contributed by atoms with Crippen molar-refractivity contribution < 1.29 is 94.6 Å². The Morgan fingerprint density at radius 3 is 1.29 bits per heavy atom. The first kappa shape index (κ1) is 94.3. The fourth-order valence-corrected chi connectivity index (χ4v) is 13.6. The Morgan fingerprint density at radius 1 is 0.562 bits per heavy atom. The van der Waals surface area contributed by atoms with E-state index in [-0.39, 0.29) is 91.0 Å². The molecule has 2 unspecified atom stereocenters. The van der Waals surface area contributed by atoms with Crippen molar-refractivity contribution >= 4 is 73.4 Å². The summed E-state index contributed by atoms with van der Waals surface area (Å²) >= 11 is 0. The van der Waals surface area contributed by atoms with Gasteiger partial charge in [-0.05, 0) is 138 Å². The smallest absolute Gasteiger partial charge is 0.407 e. The molecule has 2 aliphatic rings. The molecule has 2 heterocycles. The highest BCUT2D eigenvalue weighted by atomic mass is 35.5. The maximum absolute atomic E-state index is 14.1. The molecule has 14 atom stereocenters. The first-order valence-corrected chi connectivity index (χ1v) is 40.7. The number of nitrogens with one attached hydrogen (secondary N) is 5. The number of rotatable bonds is 37. The molecule has 2 saturated heterocycles. The molecule has 105 heavy (non-hydrogen) atoms. The summed E-state index contributed by atoms with van der Waals surface area (Å²) in [6, 6.07) is 12.2. The third kappa shape index (κ3) is 30.4. The SMILES string of the molecule is CC[C@H](C)[C@@H](NC(=O)OC(C)(C)C)[C@H](CC(=O)N[C@H](C(=O)C(C)C(=O)N[C@@H](CC(C)C)C(=O)N1CCC[C@H]1C(=O)OCc1ccccc1)C(C)C)O[Si](C)(C)C(C)(C)C.CC[C@H](C)[C@@H]([NH3+])[C@@H](O)CC(=O)N[C@H](C(=O)C(C)C(=O)N[C@@H](CC(C)C)C(=O)N1CCC[C@H]1C(=O)OCc1ccccc1)C(C)C.[Cl-]. The van der Waals surface area contributed by atoms with E-state index < -0.39 is 139 Å². The quantitative estimate of drug-likeness (QED) is 0.0168. The summed E-state index contributed by atoms with van der Waals surface area (Å²) in [6.07, 6.45) is 1.60. The lowest BCUT2D eigenvalue weighted by atomic mass is 9.90. The molecule has 0 saturated carbocycles. The molecule has 7 amide bonds. The molecular weight excluding hydrogens is 1380 g/mol. The molecule has 2 fully saturated rings. The highest BCUT2D eigenvalue weighted by molar-refractivity contribution is 6.74. The number of ether oxygens (including phenoxy) is 3. The Hall–Kier alpha value is -6.80. The van der Waals surface area contributed by atoms with Crippen LogP contribution in [0, 0.1) is 47.3 Å². The first-order chi connectivity index (χ1) is 48.4. The van der Waals surface area contributed by atoms with Crippen LogP contribution >= 0.6 is 0 Å². The van der Waals surface area contributed by atoms with Crippen molar-refractivity contribution in [3.63, 3.8) is 0 Å². The van der Waals surface area contributed by atoms with Crippen LogP contribution in [0.2, 0.25) is 18.1 Å². The van der Waals surface area contributed by atoms with Gasteiger partial charge >= 0.3 is 18.0 Å². The van der Waals surface area contributed by atoms with Gasteiger partial charge in [0, 0.05) is 19.0 Å². The first-order valence-electron chi connectivity index (χ1n) is 37.8. The zero-order valence-electron chi connectivity index (χ0n) is 67.1. The Bertz CT molecular complexity index is 3130. The van der Waals surface area contributed by atoms with E-state index in [2.05, 4.69) is 66.2 Å². The van der Waals surface area contributed by atoms with Gasteiger partial charge in [0.25, 0.3) is 0 Å². The number of carbonyl (C=O) groups is 11. The van der Waals surface area contributed by atoms with Crippen LogP contribution in [0.1, 0.15) is 214 Å². The Kier molecular flexibility index (Phi) is 39.4. The molecule has 26 heteroatoms. The van der Waals surface area contributed by atoms with E-state index in [0.29, 0.717) is 58.0 Å². The van der Waals surface area contributed by atoms with Crippen molar-refractivity contribution in [3.8, 4) is 0 Å². The molecule has 2 aromatic rings. The molecule has 0 spiro atoms. The number of Topliss-reactive ketones (excluding diaryl/α,β-unsaturated/α-hetero) is 2. The van der Waals surface area contributed by atoms with Crippen molar-refractivity contribution in [1.29, 1.82) is 0 Å². The monoisotopic (exact) mass is 1510 g/mol. The zero-order valence-corrected chi connectivity index (χ0v) is 68.9. The average molecular weight is 1510 g/mol. The van der Waals surface area contributed by atoms with E-state index in [1.54, 1.807) is 48.5 Å². The van der Waals surface area contributed by atoms with Gasteiger partial charge in [0.05, 0.1) is 48.9 Å². The molecule has 24 nitrogen and oxygen atoms in total. The minimum absolute atomic E-state index is 0. The Labute approximate surface area is 633 Å². The second-order valence-electron chi connectivity index (χ2n) is 32.8. The minimum Gasteiger partial charge on any atom is -1.00 e. The number of hydrogen-bond donors (Lipinski definition) is 7. The third-order valence-corrected chi connectivity index (χ3v) is 24.7. The number of aliphatic hydroxyl groups is 1. The molecule has 0 aromatic heterocycles. The maximum atomic E-state index is 14.1. The van der Waals surface area contributed by atoms with Crippen LogP contribution in [-0.4, -0.2) is 167 Å². The number of aliphatic hydroxyl groups excluding tert-OH is 1. The fourth-order valence-electron chi connectivity index (χ4n) is 12.3. The number of hydrogen-bond acceptors (Lipinski definition) is 16. The number of quaternary nitrogens is 1. The molecule has 2 aliphatic heterocycles. The van der Waals surface area contributed by atoms with Crippen LogP contribution in [-0.2, 0) is 79.8 Å². The van der Waals surface area contributed by atoms with E-state index in [9.17, 15) is 57.8 Å². The van der Waals surface area contributed by atoms with Gasteiger partial charge in [-0.25, -0.2) is 14.4 Å². The lowest BCUT2D eigenvalue weighted by Crippen LogP contribution is -3.00. The predicted octanol–water partition coefficient (Wildman–Crippen LogP) is 6.33. The predicted molar refractivity (Wildman–Crippen MR) is 403 cm³/mol. The minimum atomic E-state index is -2.50. The van der Waals surface area contributed by atoms with E-state index in [0.717, 1.165) is 17.5 Å². The number of nitrogens with zero attached hydrogens (tertiary/aromatic N) is 2. The van der Waals surface area contributed by atoms with E-state index in [1.165, 1.54) is 23.6 Å². The summed E-state index contributed by atoms with van der Waals surface area (Å²) in [5.74, 6) is -7.98. The number of ketones is 2. The number of halogens is 1. The van der Waals surface area contributed by atoms with Crippen LogP contribution in [0.15, 0.2) is 60.7 Å². The number of likely N-dealkylation sites (tertiary alicyclic amines) is 2. The molecular formula is C79H131ClN8O16Si. The standard InChI is InChI=1S/C45H76N4O9Si.C34H54N4O7.ClH/c1-16-30(6)38(48-43(55)57-44(8,9)10)35(58-59(14,15)45(11,12)13)26-36(50)47-37(29(4)5)39(51)31(7)40(52)46-33(25-28(2)3)41(53)49-24-20-23-34(49)42(54)56-27-32-21-18-17-19-22-32;1-8-22(6)29(35)27(39)18-28(40)37-30(21(4)5)31(41)23(7)32(42)36-25(17-20(2)3)33(43)38-16-12-15-26(38)34(44)45-19-24-13-10-9-11-14-24;/h17-19,21-22,28-31,33-35,37-38H,16,20,23-27H2,1-15H3,(H,46,52)(H,47,50)(H,48,55);9-11,13-14,20-23,25-27,29-30,39H,8,12,15-19,35H2,1-7H3,(H,36,42)(H,37,40);1H/t30-,31?,33-,34-,35-,37-,38+;22-,23?,25-,26-,27-,29+,30-;/m00./s1. The van der Waals surface area contributed by atoms with Gasteiger partial charge in [-0.3, -0.25) is 38.4 Å². The van der Waals surface area contributed by atoms with Crippen molar-refractivity contribution in [2.45, 2.75) is 300 Å². The van der Waals surface area contributed by atoms with E-state index >= 15 is 0 Å². The van der Waals surface area contributed by atoms with Gasteiger partial charge in [0.2, 0.25) is 35.4 Å². The largest absolute Gasteiger partial charge is 1.00 e. The highest BCUT2D eigenvalue weighted by Gasteiger charge is 2.46. The topological polar surface area (TPSA) is 339 Å². The van der Waals surface area contributed by atoms with Gasteiger partial charge in [0.15, 0.2) is 19.9 Å². The number of benzene rings is 2. The lowest BCUT2D eigenvalue weighted by molar-refractivity contribution is -0.449.